The molecule has 0 fully saturated rings. The lowest BCUT2D eigenvalue weighted by Gasteiger charge is -2.17. The third kappa shape index (κ3) is 3.92. The van der Waals surface area contributed by atoms with E-state index in [2.05, 4.69) is 25.4 Å². The lowest BCUT2D eigenvalue weighted by molar-refractivity contribution is -0.186. The molecule has 1 heterocycles. The van der Waals surface area contributed by atoms with Crippen molar-refractivity contribution in [1.82, 2.24) is 4.98 Å². The molecule has 0 aliphatic heterocycles. The summed E-state index contributed by atoms with van der Waals surface area (Å²) in [5, 5.41) is 0.643. The summed E-state index contributed by atoms with van der Waals surface area (Å²) in [5.74, 6) is -0.251. The molecule has 0 amide bonds. The molecule has 0 aliphatic rings. The fraction of sp³-hybridized carbons (Fsp3) is 0.375. The van der Waals surface area contributed by atoms with Crippen LogP contribution in [0.4, 0.5) is 8.78 Å². The number of halogens is 3. The molecular formula is C16H16BrF2NO4P+. The van der Waals surface area contributed by atoms with Gasteiger partial charge in [-0.25, -0.2) is 4.98 Å². The second-order valence-corrected chi connectivity index (χ2v) is 6.89. The summed E-state index contributed by atoms with van der Waals surface area (Å²) < 4.78 is 42.7. The Morgan fingerprint density at radius 3 is 2.40 bits per heavy atom. The first-order valence-corrected chi connectivity index (χ1v) is 9.44. The van der Waals surface area contributed by atoms with Gasteiger partial charge >= 0.3 is 14.4 Å². The lowest BCUT2D eigenvalue weighted by atomic mass is 9.94. The van der Waals surface area contributed by atoms with Crippen LogP contribution in [0.2, 0.25) is 0 Å². The van der Waals surface area contributed by atoms with E-state index in [0.29, 0.717) is 18.2 Å². The maximum atomic E-state index is 14.1. The average molecular weight is 435 g/mol. The van der Waals surface area contributed by atoms with E-state index in [1.807, 2.05) is 13.8 Å². The number of benzene rings is 1. The van der Waals surface area contributed by atoms with Crippen molar-refractivity contribution in [3.05, 3.63) is 39.0 Å². The highest BCUT2D eigenvalue weighted by Crippen LogP contribution is 2.42. The zero-order valence-corrected chi connectivity index (χ0v) is 16.2. The standard InChI is InChI=1S/C16H15BrF2NO4P/c1-4-9-10(5-2)15(8(3)21)20-14-7-12(13(17)6-11(9)14)16(18,19)24-25(22)23/h6-7H,4-5H2,1-3H3/p+1. The van der Waals surface area contributed by atoms with Crippen LogP contribution in [0.15, 0.2) is 16.6 Å². The predicted octanol–water partition coefficient (Wildman–Crippen LogP) is 5.04. The lowest BCUT2D eigenvalue weighted by Crippen LogP contribution is -2.16. The molecule has 25 heavy (non-hydrogen) atoms. The van der Waals surface area contributed by atoms with Gasteiger partial charge < -0.3 is 0 Å². The van der Waals surface area contributed by atoms with Crippen molar-refractivity contribution in [2.45, 2.75) is 39.7 Å². The first-order chi connectivity index (χ1) is 11.6. The van der Waals surface area contributed by atoms with E-state index in [1.54, 1.807) is 0 Å². The highest BCUT2D eigenvalue weighted by atomic mass is 79.9. The summed E-state index contributed by atoms with van der Waals surface area (Å²) in [6.07, 6.45) is -2.79. The van der Waals surface area contributed by atoms with E-state index in [9.17, 15) is 18.1 Å². The second-order valence-electron chi connectivity index (χ2n) is 5.38. The molecular weight excluding hydrogens is 419 g/mol. The van der Waals surface area contributed by atoms with Crippen LogP contribution < -0.4 is 0 Å². The molecule has 1 aromatic heterocycles. The number of fused-ring (bicyclic) bond motifs is 1. The van der Waals surface area contributed by atoms with E-state index < -0.39 is 19.9 Å². The van der Waals surface area contributed by atoms with Gasteiger partial charge in [0.15, 0.2) is 5.78 Å². The van der Waals surface area contributed by atoms with Gasteiger partial charge in [0.1, 0.15) is 5.69 Å². The summed E-state index contributed by atoms with van der Waals surface area (Å²) in [6.45, 7) is 5.19. The minimum Gasteiger partial charge on any atom is -0.293 e. The van der Waals surface area contributed by atoms with Gasteiger partial charge in [0.05, 0.1) is 11.1 Å². The Balaban J connectivity index is 2.83. The molecule has 0 saturated carbocycles. The normalized spacial score (nSPS) is 12.5. The largest absolute Gasteiger partial charge is 0.701 e. The van der Waals surface area contributed by atoms with Crippen LogP contribution in [0.3, 0.4) is 0 Å². The van der Waals surface area contributed by atoms with E-state index in [1.165, 1.54) is 13.0 Å². The number of ketones is 1. The molecule has 0 bridgehead atoms. The van der Waals surface area contributed by atoms with Crippen LogP contribution in [0, 0.1) is 0 Å². The third-order valence-corrected chi connectivity index (χ3v) is 4.88. The van der Waals surface area contributed by atoms with Gasteiger partial charge in [0.2, 0.25) is 0 Å². The van der Waals surface area contributed by atoms with Crippen molar-refractivity contribution in [3.63, 3.8) is 0 Å². The van der Waals surface area contributed by atoms with Crippen LogP contribution in [0.25, 0.3) is 10.9 Å². The fourth-order valence-electron chi connectivity index (χ4n) is 2.84. The maximum Gasteiger partial charge on any atom is 0.701 e. The van der Waals surface area contributed by atoms with Gasteiger partial charge in [-0.2, -0.15) is 8.78 Å². The van der Waals surface area contributed by atoms with E-state index in [-0.39, 0.29) is 21.5 Å². The van der Waals surface area contributed by atoms with Crippen LogP contribution in [-0.4, -0.2) is 15.7 Å². The number of pyridine rings is 1. The quantitative estimate of drug-likeness (QED) is 0.508. The molecule has 1 aromatic carbocycles. The Morgan fingerprint density at radius 1 is 1.32 bits per heavy atom. The number of rotatable bonds is 6. The molecule has 5 nitrogen and oxygen atoms in total. The van der Waals surface area contributed by atoms with Crippen LogP contribution >= 0.6 is 24.2 Å². The molecule has 1 unspecified atom stereocenters. The van der Waals surface area contributed by atoms with Gasteiger partial charge in [-0.1, -0.05) is 29.8 Å². The molecule has 0 radical (unpaired) electrons. The first kappa shape index (κ1) is 20.0. The number of Topliss-reactive ketones (excluding diaryl/α,β-unsaturated/α-hetero) is 1. The van der Waals surface area contributed by atoms with Gasteiger partial charge in [0.25, 0.3) is 0 Å². The number of alkyl halides is 2. The molecule has 9 heteroatoms. The average Bonchev–Trinajstić information content (AvgIpc) is 2.50. The summed E-state index contributed by atoms with van der Waals surface area (Å²) in [6, 6.07) is 2.55. The van der Waals surface area contributed by atoms with E-state index in [0.717, 1.165) is 17.2 Å². The Labute approximate surface area is 152 Å². The maximum absolute atomic E-state index is 14.1. The monoisotopic (exact) mass is 434 g/mol. The molecule has 1 N–H and O–H groups in total. The summed E-state index contributed by atoms with van der Waals surface area (Å²) in [5.41, 5.74) is 1.48. The summed E-state index contributed by atoms with van der Waals surface area (Å²) >= 11 is 3.07. The summed E-state index contributed by atoms with van der Waals surface area (Å²) in [4.78, 5) is 24.8. The molecule has 0 aliphatic carbocycles. The van der Waals surface area contributed by atoms with Gasteiger partial charge in [-0.3, -0.25) is 4.79 Å². The van der Waals surface area contributed by atoms with Crippen LogP contribution in [0.5, 0.6) is 0 Å². The SMILES string of the molecule is CCc1c(C(C)=O)nc2cc(C(F)(F)O[P+](=O)O)c(Br)cc2c1CC. The number of hydrogen-bond acceptors (Lipinski definition) is 4. The highest BCUT2D eigenvalue weighted by Gasteiger charge is 2.45. The fourth-order valence-corrected chi connectivity index (χ4v) is 3.70. The smallest absolute Gasteiger partial charge is 0.293 e. The number of carbonyl (C=O) groups excluding carboxylic acids is 1. The number of aryl methyl sites for hydroxylation is 1. The van der Waals surface area contributed by atoms with Crippen molar-refractivity contribution < 1.29 is 27.6 Å². The Hall–Kier alpha value is -1.34. The van der Waals surface area contributed by atoms with Gasteiger partial charge in [0, 0.05) is 21.3 Å². The van der Waals surface area contributed by atoms with Gasteiger partial charge in [-0.05, 0) is 40.6 Å². The molecule has 0 saturated heterocycles. The molecule has 2 rings (SSSR count). The Bertz CT molecular complexity index is 873. The molecule has 2 aromatic rings. The molecule has 0 spiro atoms. The zero-order chi connectivity index (χ0) is 18.9. The summed E-state index contributed by atoms with van der Waals surface area (Å²) in [7, 11) is -3.50. The number of carbonyl (C=O) groups is 1. The van der Waals surface area contributed by atoms with Crippen molar-refractivity contribution >= 4 is 40.9 Å². The molecule has 1 atom stereocenters. The Kier molecular flexibility index (Phi) is 5.99. The van der Waals surface area contributed by atoms with Crippen molar-refractivity contribution in [2.24, 2.45) is 0 Å². The minimum atomic E-state index is -3.98. The molecule has 134 valence electrons. The third-order valence-electron chi connectivity index (χ3n) is 3.84. The number of nitrogens with zero attached hydrogens (tertiary/aromatic N) is 1. The zero-order valence-electron chi connectivity index (χ0n) is 13.8. The first-order valence-electron chi connectivity index (χ1n) is 7.51. The van der Waals surface area contributed by atoms with Gasteiger partial charge in [-0.15, -0.1) is 4.89 Å². The van der Waals surface area contributed by atoms with Crippen molar-refractivity contribution in [1.29, 1.82) is 0 Å². The van der Waals surface area contributed by atoms with Crippen LogP contribution in [0.1, 0.15) is 48.0 Å². The minimum absolute atomic E-state index is 0.0241. The van der Waals surface area contributed by atoms with E-state index >= 15 is 0 Å². The van der Waals surface area contributed by atoms with Crippen molar-refractivity contribution in [3.8, 4) is 0 Å². The predicted molar refractivity (Wildman–Crippen MR) is 93.0 cm³/mol. The van der Waals surface area contributed by atoms with Crippen molar-refractivity contribution in [2.75, 3.05) is 0 Å². The Morgan fingerprint density at radius 2 is 1.92 bits per heavy atom. The van der Waals surface area contributed by atoms with Crippen LogP contribution in [-0.2, 0) is 28.0 Å². The topological polar surface area (TPSA) is 76.5 Å². The highest BCUT2D eigenvalue weighted by molar-refractivity contribution is 9.10. The number of hydrogen-bond donors (Lipinski definition) is 1. The second kappa shape index (κ2) is 7.50. The number of aromatic nitrogens is 1. The van der Waals surface area contributed by atoms with E-state index in [4.69, 9.17) is 4.89 Å².